The molecule has 0 unspecified atom stereocenters. The summed E-state index contributed by atoms with van der Waals surface area (Å²) < 4.78 is 2.25. The highest BCUT2D eigenvalue weighted by Gasteiger charge is 2.09. The smallest absolute Gasteiger partial charge is 0.141 e. The first-order chi connectivity index (χ1) is 10.9. The maximum atomic E-state index is 4.48. The molecule has 1 aliphatic heterocycles. The Morgan fingerprint density at radius 2 is 1.77 bits per heavy atom. The van der Waals surface area contributed by atoms with E-state index in [1.807, 2.05) is 18.5 Å². The fourth-order valence-electron chi connectivity index (χ4n) is 3.22. The van der Waals surface area contributed by atoms with Crippen LogP contribution < -0.4 is 0 Å². The highest BCUT2D eigenvalue weighted by Crippen LogP contribution is 2.16. The van der Waals surface area contributed by atoms with Gasteiger partial charge in [-0.15, -0.1) is 0 Å². The molecule has 0 spiro atoms. The SMILES string of the molecule is c1cncc(-c2nccn2CCCCN2CCCCCC2)c1. The minimum Gasteiger partial charge on any atom is -0.331 e. The Morgan fingerprint density at radius 1 is 0.955 bits per heavy atom. The van der Waals surface area contributed by atoms with Crippen LogP contribution in [-0.2, 0) is 6.54 Å². The Balaban J connectivity index is 1.47. The highest BCUT2D eigenvalue weighted by molar-refractivity contribution is 5.53. The normalized spacial score (nSPS) is 16.5. The molecule has 118 valence electrons. The van der Waals surface area contributed by atoms with Gasteiger partial charge in [0.15, 0.2) is 0 Å². The van der Waals surface area contributed by atoms with Crippen molar-refractivity contribution < 1.29 is 0 Å². The molecule has 3 rings (SSSR count). The molecular formula is C18H26N4. The van der Waals surface area contributed by atoms with Gasteiger partial charge in [-0.2, -0.15) is 0 Å². The molecule has 2 aromatic rings. The van der Waals surface area contributed by atoms with Gasteiger partial charge in [-0.05, 0) is 57.5 Å². The Labute approximate surface area is 133 Å². The molecule has 4 nitrogen and oxygen atoms in total. The summed E-state index contributed by atoms with van der Waals surface area (Å²) in [6, 6.07) is 4.04. The van der Waals surface area contributed by atoms with E-state index in [4.69, 9.17) is 0 Å². The number of hydrogen-bond donors (Lipinski definition) is 0. The van der Waals surface area contributed by atoms with Crippen LogP contribution in [0.25, 0.3) is 11.4 Å². The molecule has 1 aliphatic rings. The molecule has 3 heterocycles. The van der Waals surface area contributed by atoms with Gasteiger partial charge in [-0.1, -0.05) is 12.8 Å². The fourth-order valence-corrected chi connectivity index (χ4v) is 3.22. The monoisotopic (exact) mass is 298 g/mol. The van der Waals surface area contributed by atoms with Gasteiger partial charge >= 0.3 is 0 Å². The number of unbranched alkanes of at least 4 members (excludes halogenated alkanes) is 1. The summed E-state index contributed by atoms with van der Waals surface area (Å²) in [4.78, 5) is 11.3. The van der Waals surface area contributed by atoms with Crippen LogP contribution in [0.2, 0.25) is 0 Å². The summed E-state index contributed by atoms with van der Waals surface area (Å²) in [5.41, 5.74) is 1.10. The van der Waals surface area contributed by atoms with Crippen molar-refractivity contribution in [3.05, 3.63) is 36.9 Å². The molecule has 1 fully saturated rings. The Kier molecular flexibility index (Phi) is 5.59. The van der Waals surface area contributed by atoms with Gasteiger partial charge in [0, 0.05) is 36.9 Å². The summed E-state index contributed by atoms with van der Waals surface area (Å²) in [5.74, 6) is 1.03. The molecule has 0 aliphatic carbocycles. The minimum atomic E-state index is 1.03. The average Bonchev–Trinajstić information content (AvgIpc) is 2.87. The van der Waals surface area contributed by atoms with Crippen molar-refractivity contribution in [2.45, 2.75) is 45.1 Å². The Hall–Kier alpha value is -1.68. The number of imidazole rings is 1. The van der Waals surface area contributed by atoms with Crippen LogP contribution in [0.4, 0.5) is 0 Å². The molecule has 22 heavy (non-hydrogen) atoms. The van der Waals surface area contributed by atoms with Crippen LogP contribution >= 0.6 is 0 Å². The van der Waals surface area contributed by atoms with Crippen LogP contribution in [0.1, 0.15) is 38.5 Å². The molecule has 0 bridgehead atoms. The van der Waals surface area contributed by atoms with Crippen LogP contribution in [0.5, 0.6) is 0 Å². The number of rotatable bonds is 6. The summed E-state index contributed by atoms with van der Waals surface area (Å²) in [5, 5.41) is 0. The second kappa shape index (κ2) is 8.08. The highest BCUT2D eigenvalue weighted by atomic mass is 15.1. The first-order valence-corrected chi connectivity index (χ1v) is 8.57. The molecule has 0 N–H and O–H groups in total. The first kappa shape index (κ1) is 15.2. The average molecular weight is 298 g/mol. The van der Waals surface area contributed by atoms with E-state index in [0.717, 1.165) is 17.9 Å². The number of pyridine rings is 1. The molecule has 0 aromatic carbocycles. The van der Waals surface area contributed by atoms with E-state index in [2.05, 4.69) is 31.7 Å². The van der Waals surface area contributed by atoms with Crippen molar-refractivity contribution in [3.8, 4) is 11.4 Å². The number of nitrogens with zero attached hydrogens (tertiary/aromatic N) is 4. The standard InChI is InChI=1S/C18H26N4/c1-2-4-12-21(11-3-1)13-5-6-14-22-15-10-20-18(22)17-8-7-9-19-16-17/h7-10,15-16H,1-6,11-14H2. The third kappa shape index (κ3) is 4.17. The van der Waals surface area contributed by atoms with Crippen molar-refractivity contribution in [1.82, 2.24) is 19.4 Å². The van der Waals surface area contributed by atoms with Gasteiger partial charge in [0.1, 0.15) is 5.82 Å². The van der Waals surface area contributed by atoms with Gasteiger partial charge in [-0.3, -0.25) is 4.98 Å². The van der Waals surface area contributed by atoms with E-state index in [9.17, 15) is 0 Å². The van der Waals surface area contributed by atoms with Gasteiger partial charge in [0.05, 0.1) is 0 Å². The summed E-state index contributed by atoms with van der Waals surface area (Å²) in [6.45, 7) is 4.88. The van der Waals surface area contributed by atoms with E-state index >= 15 is 0 Å². The number of likely N-dealkylation sites (tertiary alicyclic amines) is 1. The second-order valence-electron chi connectivity index (χ2n) is 6.15. The number of hydrogen-bond acceptors (Lipinski definition) is 3. The Bertz CT molecular complexity index is 541. The van der Waals surface area contributed by atoms with Gasteiger partial charge in [0.2, 0.25) is 0 Å². The first-order valence-electron chi connectivity index (χ1n) is 8.57. The van der Waals surface area contributed by atoms with Crippen molar-refractivity contribution in [3.63, 3.8) is 0 Å². The second-order valence-corrected chi connectivity index (χ2v) is 6.15. The van der Waals surface area contributed by atoms with E-state index in [0.29, 0.717) is 0 Å². The van der Waals surface area contributed by atoms with Crippen molar-refractivity contribution in [1.29, 1.82) is 0 Å². The molecule has 0 saturated carbocycles. The minimum absolute atomic E-state index is 1.03. The lowest BCUT2D eigenvalue weighted by atomic mass is 10.2. The van der Waals surface area contributed by atoms with Crippen LogP contribution in [0, 0.1) is 0 Å². The fraction of sp³-hybridized carbons (Fsp3) is 0.556. The quantitative estimate of drug-likeness (QED) is 0.764. The molecule has 0 amide bonds. The molecule has 1 saturated heterocycles. The third-order valence-electron chi connectivity index (χ3n) is 4.46. The Morgan fingerprint density at radius 3 is 2.55 bits per heavy atom. The summed E-state index contributed by atoms with van der Waals surface area (Å²) in [7, 11) is 0. The van der Waals surface area contributed by atoms with Crippen LogP contribution in [0.3, 0.4) is 0 Å². The van der Waals surface area contributed by atoms with Gasteiger partial charge in [-0.25, -0.2) is 4.98 Å². The zero-order valence-corrected chi connectivity index (χ0v) is 13.3. The van der Waals surface area contributed by atoms with E-state index < -0.39 is 0 Å². The molecule has 0 atom stereocenters. The number of aromatic nitrogens is 3. The summed E-state index contributed by atoms with van der Waals surface area (Å²) in [6.07, 6.45) is 15.7. The number of aryl methyl sites for hydroxylation is 1. The van der Waals surface area contributed by atoms with E-state index in [1.165, 1.54) is 58.2 Å². The van der Waals surface area contributed by atoms with E-state index in [1.54, 1.807) is 6.20 Å². The molecule has 4 heteroatoms. The topological polar surface area (TPSA) is 34.0 Å². The van der Waals surface area contributed by atoms with Gasteiger partial charge < -0.3 is 9.47 Å². The van der Waals surface area contributed by atoms with Crippen LogP contribution in [0.15, 0.2) is 36.9 Å². The van der Waals surface area contributed by atoms with Crippen molar-refractivity contribution in [2.75, 3.05) is 19.6 Å². The van der Waals surface area contributed by atoms with Crippen molar-refractivity contribution in [2.24, 2.45) is 0 Å². The zero-order chi connectivity index (χ0) is 15.0. The van der Waals surface area contributed by atoms with Gasteiger partial charge in [0.25, 0.3) is 0 Å². The molecular weight excluding hydrogens is 272 g/mol. The lowest BCUT2D eigenvalue weighted by Crippen LogP contribution is -2.25. The molecule has 0 radical (unpaired) electrons. The zero-order valence-electron chi connectivity index (χ0n) is 13.3. The van der Waals surface area contributed by atoms with Crippen molar-refractivity contribution >= 4 is 0 Å². The maximum Gasteiger partial charge on any atom is 0.141 e. The largest absolute Gasteiger partial charge is 0.331 e. The van der Waals surface area contributed by atoms with E-state index in [-0.39, 0.29) is 0 Å². The van der Waals surface area contributed by atoms with Crippen LogP contribution in [-0.4, -0.2) is 39.1 Å². The lowest BCUT2D eigenvalue weighted by molar-refractivity contribution is 0.277. The lowest BCUT2D eigenvalue weighted by Gasteiger charge is -2.19. The summed E-state index contributed by atoms with van der Waals surface area (Å²) >= 11 is 0. The predicted octanol–water partition coefficient (Wildman–Crippen LogP) is 3.60. The predicted molar refractivity (Wildman–Crippen MR) is 89.6 cm³/mol. The molecule has 2 aromatic heterocycles. The maximum absolute atomic E-state index is 4.48. The third-order valence-corrected chi connectivity index (χ3v) is 4.46.